The van der Waals surface area contributed by atoms with Gasteiger partial charge in [0.15, 0.2) is 0 Å². The highest BCUT2D eigenvalue weighted by atomic mass is 14.8. The van der Waals surface area contributed by atoms with E-state index in [1.807, 2.05) is 0 Å². The third kappa shape index (κ3) is 1.89. The van der Waals surface area contributed by atoms with Crippen LogP contribution in [0.2, 0.25) is 0 Å². The summed E-state index contributed by atoms with van der Waals surface area (Å²) in [5, 5.41) is 0. The van der Waals surface area contributed by atoms with Gasteiger partial charge in [-0.1, -0.05) is 25.5 Å². The second kappa shape index (κ2) is 3.21. The van der Waals surface area contributed by atoms with Crippen LogP contribution in [0, 0.1) is 5.41 Å². The van der Waals surface area contributed by atoms with Crippen molar-refractivity contribution in [1.82, 2.24) is 0 Å². The van der Waals surface area contributed by atoms with Crippen LogP contribution in [0.3, 0.4) is 0 Å². The van der Waals surface area contributed by atoms with Crippen LogP contribution < -0.4 is 5.73 Å². The highest BCUT2D eigenvalue weighted by Crippen LogP contribution is 2.54. The van der Waals surface area contributed by atoms with Crippen molar-refractivity contribution in [3.63, 3.8) is 0 Å². The Morgan fingerprint density at radius 1 is 1.42 bits per heavy atom. The van der Waals surface area contributed by atoms with Crippen molar-refractivity contribution >= 4 is 0 Å². The fraction of sp³-hybridized carbons (Fsp3) is 0.818. The van der Waals surface area contributed by atoms with Gasteiger partial charge in [0.25, 0.3) is 0 Å². The fourth-order valence-electron chi connectivity index (χ4n) is 1.64. The molecule has 2 N–H and O–H groups in total. The molecule has 1 aliphatic carbocycles. The molecule has 1 rings (SSSR count). The van der Waals surface area contributed by atoms with Gasteiger partial charge in [-0.15, -0.1) is 0 Å². The number of rotatable bonds is 4. The molecule has 0 aromatic carbocycles. The lowest BCUT2D eigenvalue weighted by atomic mass is 9.84. The van der Waals surface area contributed by atoms with E-state index in [0.29, 0.717) is 5.41 Å². The van der Waals surface area contributed by atoms with Crippen molar-refractivity contribution in [3.05, 3.63) is 12.2 Å². The summed E-state index contributed by atoms with van der Waals surface area (Å²) in [6.45, 7) is 6.48. The van der Waals surface area contributed by atoms with Crippen LogP contribution in [0.15, 0.2) is 12.2 Å². The van der Waals surface area contributed by atoms with E-state index in [9.17, 15) is 0 Å². The average Bonchev–Trinajstić information content (AvgIpc) is 2.67. The molecule has 0 saturated heterocycles. The number of allylic oxidation sites excluding steroid dienone is 1. The molecule has 0 unspecified atom stereocenters. The monoisotopic (exact) mass is 167 g/mol. The third-order valence-electron chi connectivity index (χ3n) is 2.96. The summed E-state index contributed by atoms with van der Waals surface area (Å²) in [6.07, 6.45) is 9.61. The minimum Gasteiger partial charge on any atom is -0.325 e. The van der Waals surface area contributed by atoms with Gasteiger partial charge in [-0.3, -0.25) is 0 Å². The largest absolute Gasteiger partial charge is 0.325 e. The molecule has 12 heavy (non-hydrogen) atoms. The van der Waals surface area contributed by atoms with Crippen LogP contribution in [0.25, 0.3) is 0 Å². The summed E-state index contributed by atoms with van der Waals surface area (Å²) in [6, 6.07) is 0. The van der Waals surface area contributed by atoms with Crippen LogP contribution in [-0.2, 0) is 0 Å². The molecule has 1 nitrogen and oxygen atoms in total. The topological polar surface area (TPSA) is 26.0 Å². The molecule has 1 saturated carbocycles. The third-order valence-corrected chi connectivity index (χ3v) is 2.96. The second-order valence-corrected chi connectivity index (χ2v) is 4.57. The van der Waals surface area contributed by atoms with Crippen molar-refractivity contribution in [2.75, 3.05) is 0 Å². The van der Waals surface area contributed by atoms with Crippen molar-refractivity contribution in [2.45, 2.75) is 52.0 Å². The van der Waals surface area contributed by atoms with Gasteiger partial charge in [0.2, 0.25) is 0 Å². The smallest absolute Gasteiger partial charge is 0.0189 e. The van der Waals surface area contributed by atoms with Gasteiger partial charge in [-0.25, -0.2) is 0 Å². The number of hydrogen-bond acceptors (Lipinski definition) is 1. The summed E-state index contributed by atoms with van der Waals surface area (Å²) in [7, 11) is 0. The van der Waals surface area contributed by atoms with Crippen LogP contribution in [0.4, 0.5) is 0 Å². The maximum Gasteiger partial charge on any atom is 0.0189 e. The van der Waals surface area contributed by atoms with E-state index < -0.39 is 0 Å². The summed E-state index contributed by atoms with van der Waals surface area (Å²) < 4.78 is 0. The predicted octanol–water partition coefficient (Wildman–Crippen LogP) is 2.86. The first-order chi connectivity index (χ1) is 5.52. The molecule has 0 radical (unpaired) electrons. The first kappa shape index (κ1) is 9.79. The lowest BCUT2D eigenvalue weighted by Gasteiger charge is -2.27. The van der Waals surface area contributed by atoms with Gasteiger partial charge >= 0.3 is 0 Å². The van der Waals surface area contributed by atoms with Gasteiger partial charge in [0, 0.05) is 11.0 Å². The molecule has 0 spiro atoms. The van der Waals surface area contributed by atoms with E-state index in [1.165, 1.54) is 25.7 Å². The highest BCUT2D eigenvalue weighted by molar-refractivity contribution is 5.18. The van der Waals surface area contributed by atoms with Crippen LogP contribution in [0.1, 0.15) is 46.5 Å². The van der Waals surface area contributed by atoms with Crippen LogP contribution in [0.5, 0.6) is 0 Å². The maximum absolute atomic E-state index is 6.11. The van der Waals surface area contributed by atoms with Crippen LogP contribution in [-0.4, -0.2) is 5.54 Å². The molecule has 0 aromatic rings. The summed E-state index contributed by atoms with van der Waals surface area (Å²) >= 11 is 0. The molecule has 70 valence electrons. The predicted molar refractivity (Wildman–Crippen MR) is 54.0 cm³/mol. The number of nitrogens with two attached hydrogens (primary N) is 1. The van der Waals surface area contributed by atoms with E-state index in [0.717, 1.165) is 0 Å². The molecule has 0 aromatic heterocycles. The second-order valence-electron chi connectivity index (χ2n) is 4.57. The van der Waals surface area contributed by atoms with Gasteiger partial charge in [-0.2, -0.15) is 0 Å². The Morgan fingerprint density at radius 3 is 2.33 bits per heavy atom. The van der Waals surface area contributed by atoms with E-state index in [4.69, 9.17) is 5.73 Å². The molecular formula is C11H21N. The van der Waals surface area contributed by atoms with Crippen molar-refractivity contribution in [3.8, 4) is 0 Å². The van der Waals surface area contributed by atoms with Crippen LogP contribution >= 0.6 is 0 Å². The standard InChI is InChI=1S/C11H21N/c1-4-5-6-7-11(8-9-11)10(2,3)12/h6-7H,4-5,8-9,12H2,1-3H3/b7-6+. The summed E-state index contributed by atoms with van der Waals surface area (Å²) in [5.74, 6) is 0. The first-order valence-electron chi connectivity index (χ1n) is 4.98. The number of hydrogen-bond donors (Lipinski definition) is 1. The van der Waals surface area contributed by atoms with Gasteiger partial charge < -0.3 is 5.73 Å². The van der Waals surface area contributed by atoms with E-state index in [2.05, 4.69) is 32.9 Å². The molecular weight excluding hydrogens is 146 g/mol. The SMILES string of the molecule is CCC/C=C/C1(C(C)(C)N)CC1. The molecule has 0 atom stereocenters. The molecule has 0 heterocycles. The Bertz CT molecular complexity index is 170. The lowest BCUT2D eigenvalue weighted by Crippen LogP contribution is -2.41. The molecule has 0 aliphatic heterocycles. The Kier molecular flexibility index (Phi) is 2.62. The highest BCUT2D eigenvalue weighted by Gasteiger charge is 2.50. The number of unbranched alkanes of at least 4 members (excludes halogenated alkanes) is 1. The molecule has 1 heteroatoms. The molecule has 1 aliphatic rings. The fourth-order valence-corrected chi connectivity index (χ4v) is 1.64. The van der Waals surface area contributed by atoms with Crippen molar-refractivity contribution in [2.24, 2.45) is 11.1 Å². The van der Waals surface area contributed by atoms with Crippen molar-refractivity contribution < 1.29 is 0 Å². The maximum atomic E-state index is 6.11. The normalized spacial score (nSPS) is 21.7. The van der Waals surface area contributed by atoms with E-state index >= 15 is 0 Å². The van der Waals surface area contributed by atoms with Crippen molar-refractivity contribution in [1.29, 1.82) is 0 Å². The average molecular weight is 167 g/mol. The Labute approximate surface area is 76.0 Å². The van der Waals surface area contributed by atoms with Gasteiger partial charge in [0.05, 0.1) is 0 Å². The van der Waals surface area contributed by atoms with E-state index in [-0.39, 0.29) is 5.54 Å². The Balaban J connectivity index is 2.50. The minimum atomic E-state index is -0.0305. The summed E-state index contributed by atoms with van der Waals surface area (Å²) in [5.41, 5.74) is 6.41. The molecule has 1 fully saturated rings. The Morgan fingerprint density at radius 2 is 2.00 bits per heavy atom. The Hall–Kier alpha value is -0.300. The molecule has 0 amide bonds. The minimum absolute atomic E-state index is 0.0305. The van der Waals surface area contributed by atoms with Gasteiger partial charge in [0.1, 0.15) is 0 Å². The summed E-state index contributed by atoms with van der Waals surface area (Å²) in [4.78, 5) is 0. The van der Waals surface area contributed by atoms with E-state index in [1.54, 1.807) is 0 Å². The quantitative estimate of drug-likeness (QED) is 0.640. The molecule has 0 bridgehead atoms. The zero-order valence-electron chi connectivity index (χ0n) is 8.56. The first-order valence-corrected chi connectivity index (χ1v) is 4.98. The van der Waals surface area contributed by atoms with Gasteiger partial charge in [-0.05, 0) is 33.1 Å². The zero-order chi connectivity index (χ0) is 9.24. The zero-order valence-corrected chi connectivity index (χ0v) is 8.56. The lowest BCUT2D eigenvalue weighted by molar-refractivity contribution is 0.362.